The number of piperidine rings is 1. The van der Waals surface area contributed by atoms with Crippen LogP contribution in [0.5, 0.6) is 5.75 Å². The Hall–Kier alpha value is -2.58. The number of carbonyl (C=O) groups is 1. The fraction of sp³-hybridized carbons (Fsp3) is 0.519. The molecule has 0 bridgehead atoms. The van der Waals surface area contributed by atoms with Crippen molar-refractivity contribution in [2.45, 2.75) is 56.9 Å². The normalized spacial score (nSPS) is 19.0. The molecule has 2 aromatic carbocycles. The number of hydrogen-bond acceptors (Lipinski definition) is 5. The first-order valence-corrected chi connectivity index (χ1v) is 14.1. The van der Waals surface area contributed by atoms with Gasteiger partial charge in [-0.15, -0.1) is 0 Å². The van der Waals surface area contributed by atoms with Gasteiger partial charge in [-0.1, -0.05) is 19.1 Å². The summed E-state index contributed by atoms with van der Waals surface area (Å²) in [6.45, 7) is 6.09. The molecule has 8 heteroatoms. The van der Waals surface area contributed by atoms with Crippen LogP contribution in [-0.2, 0) is 27.8 Å². The zero-order valence-corrected chi connectivity index (χ0v) is 21.6. The van der Waals surface area contributed by atoms with E-state index in [0.717, 1.165) is 43.0 Å². The predicted molar refractivity (Wildman–Crippen MR) is 138 cm³/mol. The van der Waals surface area contributed by atoms with Crippen LogP contribution >= 0.6 is 0 Å². The molecule has 0 radical (unpaired) electrons. The van der Waals surface area contributed by atoms with Crippen molar-refractivity contribution < 1.29 is 17.9 Å². The van der Waals surface area contributed by atoms with E-state index in [1.54, 1.807) is 25.3 Å². The summed E-state index contributed by atoms with van der Waals surface area (Å²) in [6, 6.07) is 13.3. The quantitative estimate of drug-likeness (QED) is 0.565. The van der Waals surface area contributed by atoms with Gasteiger partial charge in [-0.05, 0) is 79.5 Å². The third-order valence-corrected chi connectivity index (χ3v) is 8.92. The van der Waals surface area contributed by atoms with Crippen molar-refractivity contribution in [3.8, 4) is 5.75 Å². The number of rotatable bonds is 9. The second-order valence-corrected chi connectivity index (χ2v) is 11.7. The highest BCUT2D eigenvalue weighted by atomic mass is 32.2. The van der Waals surface area contributed by atoms with Gasteiger partial charge in [0.15, 0.2) is 0 Å². The fourth-order valence-electron chi connectivity index (χ4n) is 4.97. The summed E-state index contributed by atoms with van der Waals surface area (Å²) in [7, 11) is -1.95. The average Bonchev–Trinajstić information content (AvgIpc) is 3.42. The van der Waals surface area contributed by atoms with E-state index in [-0.39, 0.29) is 17.2 Å². The number of carbonyl (C=O) groups excluding carboxylic acids is 1. The molecule has 1 N–H and O–H groups in total. The molecule has 2 saturated heterocycles. The summed E-state index contributed by atoms with van der Waals surface area (Å²) >= 11 is 0. The van der Waals surface area contributed by atoms with E-state index >= 15 is 0 Å². The second kappa shape index (κ2) is 11.4. The highest BCUT2D eigenvalue weighted by Crippen LogP contribution is 2.27. The number of benzene rings is 2. The van der Waals surface area contributed by atoms with Gasteiger partial charge in [0.25, 0.3) is 0 Å². The van der Waals surface area contributed by atoms with Crippen LogP contribution in [0.2, 0.25) is 0 Å². The summed E-state index contributed by atoms with van der Waals surface area (Å²) in [6.07, 6.45) is 4.98. The van der Waals surface area contributed by atoms with Crippen LogP contribution in [-0.4, -0.2) is 51.9 Å². The van der Waals surface area contributed by atoms with E-state index in [9.17, 15) is 13.2 Å². The molecule has 2 aliphatic heterocycles. The first kappa shape index (κ1) is 25.5. The molecule has 7 nitrogen and oxygen atoms in total. The van der Waals surface area contributed by atoms with E-state index in [4.69, 9.17) is 4.74 Å². The van der Waals surface area contributed by atoms with E-state index < -0.39 is 10.0 Å². The van der Waals surface area contributed by atoms with Crippen molar-refractivity contribution in [3.05, 3.63) is 53.6 Å². The summed E-state index contributed by atoms with van der Waals surface area (Å²) in [5, 5.41) is 2.98. The molecule has 1 atom stereocenters. The molecule has 0 aliphatic carbocycles. The van der Waals surface area contributed by atoms with E-state index in [2.05, 4.69) is 41.4 Å². The predicted octanol–water partition coefficient (Wildman–Crippen LogP) is 3.97. The number of sulfonamides is 1. The van der Waals surface area contributed by atoms with Gasteiger partial charge >= 0.3 is 0 Å². The number of methoxy groups -OCH3 is 1. The topological polar surface area (TPSA) is 79.0 Å². The summed E-state index contributed by atoms with van der Waals surface area (Å²) in [4.78, 5) is 15.2. The van der Waals surface area contributed by atoms with Crippen molar-refractivity contribution >= 4 is 21.6 Å². The molecule has 0 saturated carbocycles. The van der Waals surface area contributed by atoms with Gasteiger partial charge in [0.1, 0.15) is 5.75 Å². The number of hydrogen-bond donors (Lipinski definition) is 1. The standard InChI is InChI=1S/C27H37N3O4S/c1-21-6-5-15-29(20-21)24-10-7-22(8-11-24)19-28-27(31)14-9-23-18-25(12-13-26(23)34-2)35(32,33)30-16-3-4-17-30/h7-8,10-13,18,21H,3-6,9,14-17,19-20H2,1-2H3,(H,28,31)/t21-/m1/s1. The molecule has 2 heterocycles. The van der Waals surface area contributed by atoms with Gasteiger partial charge in [-0.25, -0.2) is 8.42 Å². The van der Waals surface area contributed by atoms with Crippen LogP contribution in [0, 0.1) is 5.92 Å². The maximum absolute atomic E-state index is 12.9. The molecule has 35 heavy (non-hydrogen) atoms. The van der Waals surface area contributed by atoms with Gasteiger partial charge in [0.2, 0.25) is 15.9 Å². The zero-order chi connectivity index (χ0) is 24.8. The fourth-order valence-corrected chi connectivity index (χ4v) is 6.54. The van der Waals surface area contributed by atoms with Crippen LogP contribution in [0.25, 0.3) is 0 Å². The van der Waals surface area contributed by atoms with Gasteiger partial charge in [-0.2, -0.15) is 4.31 Å². The van der Waals surface area contributed by atoms with Crippen molar-refractivity contribution in [1.29, 1.82) is 0 Å². The average molecular weight is 500 g/mol. The van der Waals surface area contributed by atoms with Crippen molar-refractivity contribution in [2.24, 2.45) is 5.92 Å². The SMILES string of the molecule is COc1ccc(S(=O)(=O)N2CCCC2)cc1CCC(=O)NCc1ccc(N2CCC[C@@H](C)C2)cc1. The van der Waals surface area contributed by atoms with Gasteiger partial charge in [0.05, 0.1) is 12.0 Å². The van der Waals surface area contributed by atoms with E-state index in [1.165, 1.54) is 22.8 Å². The zero-order valence-electron chi connectivity index (χ0n) is 20.8. The number of nitrogens with zero attached hydrogens (tertiary/aromatic N) is 2. The van der Waals surface area contributed by atoms with Gasteiger partial charge in [0, 0.05) is 44.8 Å². The first-order chi connectivity index (χ1) is 16.9. The van der Waals surface area contributed by atoms with Crippen LogP contribution in [0.4, 0.5) is 5.69 Å². The van der Waals surface area contributed by atoms with Crippen LogP contribution < -0.4 is 15.0 Å². The van der Waals surface area contributed by atoms with E-state index in [1.807, 2.05) is 0 Å². The van der Waals surface area contributed by atoms with Crippen molar-refractivity contribution in [2.75, 3.05) is 38.2 Å². The molecule has 4 rings (SSSR count). The third kappa shape index (κ3) is 6.35. The van der Waals surface area contributed by atoms with Gasteiger partial charge in [-0.3, -0.25) is 4.79 Å². The molecule has 0 aromatic heterocycles. The molecule has 2 fully saturated rings. The van der Waals surface area contributed by atoms with Crippen molar-refractivity contribution in [1.82, 2.24) is 9.62 Å². The smallest absolute Gasteiger partial charge is 0.243 e. The van der Waals surface area contributed by atoms with Crippen LogP contribution in [0.1, 0.15) is 50.2 Å². The minimum Gasteiger partial charge on any atom is -0.496 e. The molecule has 0 spiro atoms. The van der Waals surface area contributed by atoms with Gasteiger partial charge < -0.3 is 15.0 Å². The number of ether oxygens (including phenoxy) is 1. The molecular weight excluding hydrogens is 462 g/mol. The lowest BCUT2D eigenvalue weighted by Crippen LogP contribution is -2.34. The lowest BCUT2D eigenvalue weighted by atomic mass is 9.99. The second-order valence-electron chi connectivity index (χ2n) is 9.72. The summed E-state index contributed by atoms with van der Waals surface area (Å²) in [5.41, 5.74) is 3.02. The molecule has 1 amide bonds. The Kier molecular flexibility index (Phi) is 8.34. The van der Waals surface area contributed by atoms with Crippen LogP contribution in [0.3, 0.4) is 0 Å². The molecular formula is C27H37N3O4S. The van der Waals surface area contributed by atoms with Crippen molar-refractivity contribution in [3.63, 3.8) is 0 Å². The number of aryl methyl sites for hydroxylation is 1. The summed E-state index contributed by atoms with van der Waals surface area (Å²) < 4.78 is 32.8. The summed E-state index contributed by atoms with van der Waals surface area (Å²) in [5.74, 6) is 1.25. The lowest BCUT2D eigenvalue weighted by Gasteiger charge is -2.32. The van der Waals surface area contributed by atoms with Crippen LogP contribution in [0.15, 0.2) is 47.4 Å². The Morgan fingerprint density at radius 3 is 2.49 bits per heavy atom. The lowest BCUT2D eigenvalue weighted by molar-refractivity contribution is -0.121. The Balaban J connectivity index is 1.32. The van der Waals surface area contributed by atoms with E-state index in [0.29, 0.717) is 31.8 Å². The maximum Gasteiger partial charge on any atom is 0.243 e. The molecule has 2 aromatic rings. The minimum atomic E-state index is -3.51. The number of amides is 1. The Bertz CT molecular complexity index is 1110. The third-order valence-electron chi connectivity index (χ3n) is 7.02. The number of anilines is 1. The first-order valence-electron chi connectivity index (χ1n) is 12.6. The largest absolute Gasteiger partial charge is 0.496 e. The Morgan fingerprint density at radius 1 is 1.06 bits per heavy atom. The minimum absolute atomic E-state index is 0.0752. The maximum atomic E-state index is 12.9. The Morgan fingerprint density at radius 2 is 1.80 bits per heavy atom. The molecule has 2 aliphatic rings. The highest BCUT2D eigenvalue weighted by Gasteiger charge is 2.27. The number of nitrogens with one attached hydrogen (secondary N) is 1. The highest BCUT2D eigenvalue weighted by molar-refractivity contribution is 7.89. The monoisotopic (exact) mass is 499 g/mol. The molecule has 0 unspecified atom stereocenters. The Labute approximate surface area is 209 Å². The molecule has 190 valence electrons.